The molecule has 0 aliphatic carbocycles. The maximum Gasteiger partial charge on any atom is 2.00 e. The number of carboxylic acids is 1. The number of hydrogen-bond acceptors (Lipinski definition) is 5. The van der Waals surface area contributed by atoms with Gasteiger partial charge in [-0.05, 0) is 36.2 Å². The van der Waals surface area contributed by atoms with Crippen LogP contribution >= 0.6 is 0 Å². The Bertz CT molecular complexity index is 814. The third-order valence-corrected chi connectivity index (χ3v) is 4.75. The number of rotatable bonds is 9. The number of halogens is 1. The first kappa shape index (κ1) is 23.2. The number of ether oxygens (including phenoxy) is 2. The zero-order chi connectivity index (χ0) is 19.9. The summed E-state index contributed by atoms with van der Waals surface area (Å²) in [6, 6.07) is 12.3. The van der Waals surface area contributed by atoms with Gasteiger partial charge in [-0.1, -0.05) is 12.1 Å². The minimum Gasteiger partial charge on any atom is -1.00 e. The summed E-state index contributed by atoms with van der Waals surface area (Å²) in [4.78, 5) is 13.2. The molecular weight excluding hydrogens is 388 g/mol. The standard InChI is InChI=1S/C21H25FN2O4.Mg.2H/c1-27-20(21(25)26)13-15-3-6-17(7-4-15)23-9-2-10-24-11-12-28-19-14-16(22)5-8-18(19)24;;;/h3-8,14,20,23H,2,9-13H2,1H3,(H,25,26);;;/q;+2;2*-1/t20-;;;/m0.../s1. The van der Waals surface area contributed by atoms with Crippen LogP contribution in [0.2, 0.25) is 0 Å². The summed E-state index contributed by atoms with van der Waals surface area (Å²) in [5.41, 5.74) is 2.83. The van der Waals surface area contributed by atoms with E-state index in [1.165, 1.54) is 19.2 Å². The number of benzene rings is 2. The minimum absolute atomic E-state index is 0. The van der Waals surface area contributed by atoms with Crippen LogP contribution in [0.1, 0.15) is 14.8 Å². The second-order valence-corrected chi connectivity index (χ2v) is 6.69. The molecule has 1 heterocycles. The Labute approximate surface area is 189 Å². The summed E-state index contributed by atoms with van der Waals surface area (Å²) in [7, 11) is 1.40. The van der Waals surface area contributed by atoms with Crippen molar-refractivity contribution in [1.29, 1.82) is 0 Å². The van der Waals surface area contributed by atoms with Crippen molar-refractivity contribution in [2.24, 2.45) is 0 Å². The van der Waals surface area contributed by atoms with Gasteiger partial charge in [-0.25, -0.2) is 9.18 Å². The summed E-state index contributed by atoms with van der Waals surface area (Å²) < 4.78 is 23.8. The molecule has 3 rings (SSSR count). The number of carboxylic acid groups (broad SMARTS) is 1. The Kier molecular flexibility index (Phi) is 9.00. The predicted octanol–water partition coefficient (Wildman–Crippen LogP) is 3.01. The minimum atomic E-state index is -0.961. The number of hydrogen-bond donors (Lipinski definition) is 2. The second-order valence-electron chi connectivity index (χ2n) is 6.69. The first-order valence-electron chi connectivity index (χ1n) is 9.32. The zero-order valence-corrected chi connectivity index (χ0v) is 18.0. The summed E-state index contributed by atoms with van der Waals surface area (Å²) in [6.07, 6.45) is 0.427. The third-order valence-electron chi connectivity index (χ3n) is 4.75. The maximum atomic E-state index is 13.3. The average molecular weight is 415 g/mol. The van der Waals surface area contributed by atoms with Crippen molar-refractivity contribution in [1.82, 2.24) is 0 Å². The smallest absolute Gasteiger partial charge is 1.00 e. The molecule has 0 spiro atoms. The van der Waals surface area contributed by atoms with Crippen LogP contribution in [-0.4, -0.2) is 73.6 Å². The first-order valence-corrected chi connectivity index (χ1v) is 9.32. The molecule has 1 atom stereocenters. The molecule has 6 nitrogen and oxygen atoms in total. The van der Waals surface area contributed by atoms with Crippen molar-refractivity contribution >= 4 is 40.4 Å². The van der Waals surface area contributed by atoms with Crippen molar-refractivity contribution in [3.8, 4) is 5.75 Å². The molecule has 1 aliphatic heterocycles. The molecule has 1 aliphatic rings. The van der Waals surface area contributed by atoms with Gasteiger partial charge in [-0.15, -0.1) is 0 Å². The van der Waals surface area contributed by atoms with Gasteiger partial charge in [0.15, 0.2) is 6.10 Å². The Morgan fingerprint density at radius 3 is 2.79 bits per heavy atom. The average Bonchev–Trinajstić information content (AvgIpc) is 2.70. The molecule has 0 saturated carbocycles. The van der Waals surface area contributed by atoms with E-state index in [2.05, 4.69) is 10.2 Å². The molecule has 0 bridgehead atoms. The first-order chi connectivity index (χ1) is 13.6. The number of nitrogens with one attached hydrogen (secondary N) is 1. The molecule has 0 saturated heterocycles. The number of carbonyl (C=O) groups is 1. The number of anilines is 2. The van der Waals surface area contributed by atoms with Gasteiger partial charge in [-0.3, -0.25) is 0 Å². The van der Waals surface area contributed by atoms with Crippen LogP contribution in [0.25, 0.3) is 0 Å². The van der Waals surface area contributed by atoms with E-state index in [9.17, 15) is 9.18 Å². The van der Waals surface area contributed by atoms with Gasteiger partial charge in [0.25, 0.3) is 0 Å². The van der Waals surface area contributed by atoms with Crippen LogP contribution in [0, 0.1) is 5.82 Å². The van der Waals surface area contributed by atoms with Gasteiger partial charge in [0.2, 0.25) is 0 Å². The van der Waals surface area contributed by atoms with Crippen LogP contribution in [0.4, 0.5) is 15.8 Å². The Hall–Kier alpha value is -2.03. The molecule has 154 valence electrons. The van der Waals surface area contributed by atoms with E-state index in [1.54, 1.807) is 6.07 Å². The maximum absolute atomic E-state index is 13.3. The summed E-state index contributed by atoms with van der Waals surface area (Å²) in [5, 5.41) is 12.4. The Morgan fingerprint density at radius 1 is 1.34 bits per heavy atom. The monoisotopic (exact) mass is 414 g/mol. The number of methoxy groups -OCH3 is 1. The summed E-state index contributed by atoms with van der Waals surface area (Å²) in [6.45, 7) is 2.99. The van der Waals surface area contributed by atoms with Crippen LogP contribution in [0.15, 0.2) is 42.5 Å². The van der Waals surface area contributed by atoms with Crippen LogP contribution in [0.5, 0.6) is 5.75 Å². The third kappa shape index (κ3) is 6.48. The van der Waals surface area contributed by atoms with Gasteiger partial charge < -0.3 is 27.7 Å². The molecule has 29 heavy (non-hydrogen) atoms. The zero-order valence-electron chi connectivity index (χ0n) is 18.6. The van der Waals surface area contributed by atoms with Crippen LogP contribution < -0.4 is 15.0 Å². The number of nitrogens with zero attached hydrogens (tertiary/aromatic N) is 1. The number of fused-ring (bicyclic) bond motifs is 1. The fourth-order valence-corrected chi connectivity index (χ4v) is 3.23. The van der Waals surface area contributed by atoms with E-state index in [1.807, 2.05) is 24.3 Å². The van der Waals surface area contributed by atoms with Crippen LogP contribution in [-0.2, 0) is 16.0 Å². The van der Waals surface area contributed by atoms with E-state index >= 15 is 0 Å². The van der Waals surface area contributed by atoms with Gasteiger partial charge in [0, 0.05) is 38.4 Å². The molecule has 2 N–H and O–H groups in total. The largest absolute Gasteiger partial charge is 2.00 e. The molecule has 8 heteroatoms. The van der Waals surface area contributed by atoms with Gasteiger partial charge >= 0.3 is 29.0 Å². The summed E-state index contributed by atoms with van der Waals surface area (Å²) >= 11 is 0. The normalized spacial score (nSPS) is 13.7. The predicted molar refractivity (Wildman–Crippen MR) is 114 cm³/mol. The van der Waals surface area contributed by atoms with Crippen molar-refractivity contribution in [2.45, 2.75) is 18.9 Å². The molecular formula is C21H27FMgN2O4. The van der Waals surface area contributed by atoms with Crippen molar-refractivity contribution in [2.75, 3.05) is 43.6 Å². The molecule has 2 aromatic rings. The van der Waals surface area contributed by atoms with E-state index in [0.29, 0.717) is 18.8 Å². The van der Waals surface area contributed by atoms with Crippen molar-refractivity contribution in [3.63, 3.8) is 0 Å². The van der Waals surface area contributed by atoms with E-state index < -0.39 is 12.1 Å². The SMILES string of the molecule is CO[C@@H](Cc1ccc(NCCCN2CCOc3cc(F)ccc32)cc1)C(=O)O.[H-].[H-].[Mg+2]. The van der Waals surface area contributed by atoms with E-state index in [0.717, 1.165) is 43.0 Å². The topological polar surface area (TPSA) is 71.0 Å². The Morgan fingerprint density at radius 2 is 2.10 bits per heavy atom. The molecule has 0 fully saturated rings. The number of aliphatic carboxylic acids is 1. The molecule has 0 aromatic heterocycles. The van der Waals surface area contributed by atoms with Gasteiger partial charge in [-0.2, -0.15) is 0 Å². The van der Waals surface area contributed by atoms with Crippen LogP contribution in [0.3, 0.4) is 0 Å². The quantitative estimate of drug-likeness (QED) is 0.485. The molecule has 2 aromatic carbocycles. The van der Waals surface area contributed by atoms with Gasteiger partial charge in [0.1, 0.15) is 18.2 Å². The van der Waals surface area contributed by atoms with Crippen molar-refractivity contribution < 1.29 is 26.6 Å². The van der Waals surface area contributed by atoms with E-state index in [4.69, 9.17) is 14.6 Å². The fourth-order valence-electron chi connectivity index (χ4n) is 3.23. The molecule has 0 amide bonds. The van der Waals surface area contributed by atoms with E-state index in [-0.39, 0.29) is 31.7 Å². The fraction of sp³-hybridized carbons (Fsp3) is 0.381. The summed E-state index contributed by atoms with van der Waals surface area (Å²) in [5.74, 6) is -0.645. The second kappa shape index (κ2) is 11.2. The van der Waals surface area contributed by atoms with Gasteiger partial charge in [0.05, 0.1) is 12.2 Å². The van der Waals surface area contributed by atoms with Crippen molar-refractivity contribution in [3.05, 3.63) is 53.8 Å². The molecule has 0 unspecified atom stereocenters. The molecule has 0 radical (unpaired) electrons. The Balaban J connectivity index is 0.00000300.